The summed E-state index contributed by atoms with van der Waals surface area (Å²) in [6.07, 6.45) is 10.2. The van der Waals surface area contributed by atoms with Gasteiger partial charge in [0, 0.05) is 65.6 Å². The highest BCUT2D eigenvalue weighted by Gasteiger charge is 2.17. The Morgan fingerprint density at radius 1 is 0.500 bits per heavy atom. The Morgan fingerprint density at radius 3 is 1.32 bits per heavy atom. The molecule has 0 spiro atoms. The molecule has 2 heterocycles. The van der Waals surface area contributed by atoms with E-state index in [1.807, 2.05) is 0 Å². The van der Waals surface area contributed by atoms with Crippen molar-refractivity contribution < 1.29 is 0 Å². The van der Waals surface area contributed by atoms with E-state index in [1.165, 1.54) is 95.0 Å². The number of rotatable bonds is 10. The minimum absolute atomic E-state index is 1.08. The van der Waals surface area contributed by atoms with Crippen molar-refractivity contribution in [3.05, 3.63) is 57.5 Å². The van der Waals surface area contributed by atoms with Crippen molar-refractivity contribution >= 4 is 75.5 Å². The molecule has 0 aliphatic rings. The summed E-state index contributed by atoms with van der Waals surface area (Å²) in [6, 6.07) is 18.5. The van der Waals surface area contributed by atoms with E-state index in [2.05, 4.69) is 103 Å². The van der Waals surface area contributed by atoms with Crippen LogP contribution >= 0.6 is 31.9 Å². The number of hydrogen-bond acceptors (Lipinski definition) is 0. The smallest absolute Gasteiger partial charge is 0.0499 e. The first-order valence-electron chi connectivity index (χ1n) is 12.9. The lowest BCUT2D eigenvalue weighted by Crippen LogP contribution is -1.98. The van der Waals surface area contributed by atoms with Gasteiger partial charge in [0.05, 0.1) is 0 Å². The SMILES string of the molecule is CCCCCCn1c2ccc(Br)cc2c2cc3c(cc21)c1cc(Br)ccc1n3CCCCCC. The lowest BCUT2D eigenvalue weighted by atomic mass is 10.1. The Kier molecular flexibility index (Phi) is 7.36. The molecular formula is C30H34Br2N2. The zero-order chi connectivity index (χ0) is 23.7. The molecule has 0 N–H and O–H groups in total. The molecule has 0 saturated heterocycles. The maximum absolute atomic E-state index is 3.73. The fourth-order valence-electron chi connectivity index (χ4n) is 5.51. The van der Waals surface area contributed by atoms with Crippen LogP contribution in [0.4, 0.5) is 0 Å². The average molecular weight is 582 g/mol. The van der Waals surface area contributed by atoms with Gasteiger partial charge >= 0.3 is 0 Å². The van der Waals surface area contributed by atoms with E-state index in [0.29, 0.717) is 0 Å². The van der Waals surface area contributed by atoms with Crippen molar-refractivity contribution in [1.29, 1.82) is 0 Å². The first-order valence-corrected chi connectivity index (χ1v) is 14.5. The second-order valence-electron chi connectivity index (χ2n) is 9.63. The van der Waals surface area contributed by atoms with Gasteiger partial charge in [-0.1, -0.05) is 84.2 Å². The number of halogens is 2. The van der Waals surface area contributed by atoms with Crippen molar-refractivity contribution in [2.24, 2.45) is 0 Å². The molecule has 4 heteroatoms. The Bertz CT molecular complexity index is 1350. The number of benzene rings is 3. The molecule has 0 saturated carbocycles. The van der Waals surface area contributed by atoms with Crippen LogP contribution in [0.15, 0.2) is 57.5 Å². The van der Waals surface area contributed by atoms with Gasteiger partial charge in [-0.15, -0.1) is 0 Å². The maximum atomic E-state index is 3.73. The van der Waals surface area contributed by atoms with Crippen LogP contribution in [-0.2, 0) is 13.1 Å². The van der Waals surface area contributed by atoms with E-state index >= 15 is 0 Å². The van der Waals surface area contributed by atoms with Crippen molar-refractivity contribution in [3.63, 3.8) is 0 Å². The van der Waals surface area contributed by atoms with Gasteiger partial charge in [0.15, 0.2) is 0 Å². The molecule has 2 aromatic heterocycles. The van der Waals surface area contributed by atoms with Gasteiger partial charge in [-0.25, -0.2) is 0 Å². The fraction of sp³-hybridized carbons (Fsp3) is 0.400. The molecule has 0 bridgehead atoms. The number of unbranched alkanes of at least 4 members (excludes halogenated alkanes) is 6. The van der Waals surface area contributed by atoms with Crippen LogP contribution in [0, 0.1) is 0 Å². The highest BCUT2D eigenvalue weighted by atomic mass is 79.9. The molecule has 178 valence electrons. The molecule has 0 amide bonds. The van der Waals surface area contributed by atoms with Gasteiger partial charge in [-0.2, -0.15) is 0 Å². The van der Waals surface area contributed by atoms with Crippen molar-refractivity contribution in [2.75, 3.05) is 0 Å². The summed E-state index contributed by atoms with van der Waals surface area (Å²) in [5.74, 6) is 0. The summed E-state index contributed by atoms with van der Waals surface area (Å²) in [5, 5.41) is 5.45. The molecule has 0 fully saturated rings. The van der Waals surface area contributed by atoms with Gasteiger partial charge in [-0.05, 0) is 61.4 Å². The molecule has 0 radical (unpaired) electrons. The van der Waals surface area contributed by atoms with Crippen LogP contribution in [0.3, 0.4) is 0 Å². The van der Waals surface area contributed by atoms with E-state index in [9.17, 15) is 0 Å². The Morgan fingerprint density at radius 2 is 0.912 bits per heavy atom. The fourth-order valence-corrected chi connectivity index (χ4v) is 6.23. The standard InChI is InChI=1S/C30H34Br2N2/c1-3-5-7-9-15-33-27-13-11-21(31)17-23(27)25-20-30-26(19-29(25)33)24-18-22(32)12-14-28(24)34(30)16-10-8-6-4-2/h11-14,17-20H,3-10,15-16H2,1-2H3. The highest BCUT2D eigenvalue weighted by molar-refractivity contribution is 9.10. The third kappa shape index (κ3) is 4.44. The highest BCUT2D eigenvalue weighted by Crippen LogP contribution is 2.39. The predicted octanol–water partition coefficient (Wildman–Crippen LogP) is 10.6. The topological polar surface area (TPSA) is 9.86 Å². The van der Waals surface area contributed by atoms with Crippen molar-refractivity contribution in [3.8, 4) is 0 Å². The van der Waals surface area contributed by atoms with Crippen LogP contribution < -0.4 is 0 Å². The monoisotopic (exact) mass is 580 g/mol. The number of nitrogens with zero attached hydrogens (tertiary/aromatic N) is 2. The molecule has 2 nitrogen and oxygen atoms in total. The molecule has 0 aliphatic heterocycles. The Labute approximate surface area is 219 Å². The summed E-state index contributed by atoms with van der Waals surface area (Å²) in [6.45, 7) is 6.72. The summed E-state index contributed by atoms with van der Waals surface area (Å²) < 4.78 is 7.42. The third-order valence-corrected chi connectivity index (χ3v) is 8.23. The van der Waals surface area contributed by atoms with Crippen LogP contribution in [0.25, 0.3) is 43.6 Å². The molecule has 34 heavy (non-hydrogen) atoms. The summed E-state index contributed by atoms with van der Waals surface area (Å²) >= 11 is 7.46. The van der Waals surface area contributed by atoms with Gasteiger partial charge in [0.2, 0.25) is 0 Å². The Hall–Kier alpha value is -1.78. The normalized spacial score (nSPS) is 12.1. The second-order valence-corrected chi connectivity index (χ2v) is 11.5. The quantitative estimate of drug-likeness (QED) is 0.145. The van der Waals surface area contributed by atoms with E-state index in [4.69, 9.17) is 0 Å². The molecule has 5 aromatic rings. The summed E-state index contributed by atoms with van der Waals surface area (Å²) in [4.78, 5) is 0. The third-order valence-electron chi connectivity index (χ3n) is 7.25. The van der Waals surface area contributed by atoms with E-state index in [-0.39, 0.29) is 0 Å². The predicted molar refractivity (Wildman–Crippen MR) is 156 cm³/mol. The van der Waals surface area contributed by atoms with Crippen LogP contribution in [0.5, 0.6) is 0 Å². The average Bonchev–Trinajstić information content (AvgIpc) is 3.29. The van der Waals surface area contributed by atoms with Gasteiger partial charge in [0.1, 0.15) is 0 Å². The summed E-state index contributed by atoms with van der Waals surface area (Å²) in [7, 11) is 0. The minimum Gasteiger partial charge on any atom is -0.340 e. The van der Waals surface area contributed by atoms with Crippen molar-refractivity contribution in [1.82, 2.24) is 9.13 Å². The first-order chi connectivity index (χ1) is 16.6. The minimum atomic E-state index is 1.08. The lowest BCUT2D eigenvalue weighted by molar-refractivity contribution is 0.601. The lowest BCUT2D eigenvalue weighted by Gasteiger charge is -2.09. The molecule has 5 rings (SSSR count). The van der Waals surface area contributed by atoms with Gasteiger partial charge in [0.25, 0.3) is 0 Å². The summed E-state index contributed by atoms with van der Waals surface area (Å²) in [5.41, 5.74) is 5.42. The van der Waals surface area contributed by atoms with E-state index in [1.54, 1.807) is 0 Å². The largest absolute Gasteiger partial charge is 0.340 e. The number of aryl methyl sites for hydroxylation is 2. The van der Waals surface area contributed by atoms with Gasteiger partial charge < -0.3 is 9.13 Å². The first kappa shape index (κ1) is 23.9. The zero-order valence-corrected chi connectivity index (χ0v) is 23.5. The van der Waals surface area contributed by atoms with Crippen molar-refractivity contribution in [2.45, 2.75) is 78.3 Å². The molecule has 0 atom stereocenters. The van der Waals surface area contributed by atoms with Crippen LogP contribution in [0.1, 0.15) is 65.2 Å². The zero-order valence-electron chi connectivity index (χ0n) is 20.3. The molecule has 0 unspecified atom stereocenters. The van der Waals surface area contributed by atoms with E-state index < -0.39 is 0 Å². The second kappa shape index (κ2) is 10.5. The van der Waals surface area contributed by atoms with Crippen LogP contribution in [0.2, 0.25) is 0 Å². The number of fused-ring (bicyclic) bond motifs is 6. The number of aromatic nitrogens is 2. The van der Waals surface area contributed by atoms with Gasteiger partial charge in [-0.3, -0.25) is 0 Å². The molecule has 0 aliphatic carbocycles. The van der Waals surface area contributed by atoms with E-state index in [0.717, 1.165) is 22.0 Å². The molecule has 3 aromatic carbocycles. The maximum Gasteiger partial charge on any atom is 0.0499 e. The number of hydrogen-bond donors (Lipinski definition) is 0. The van der Waals surface area contributed by atoms with Crippen LogP contribution in [-0.4, -0.2) is 9.13 Å². The molecular weight excluding hydrogens is 548 g/mol. The Balaban J connectivity index is 1.73.